The van der Waals surface area contributed by atoms with Gasteiger partial charge in [-0.1, -0.05) is 11.6 Å². The van der Waals surface area contributed by atoms with Gasteiger partial charge < -0.3 is 10.0 Å². The third-order valence-corrected chi connectivity index (χ3v) is 4.12. The molecule has 1 aromatic rings. The van der Waals surface area contributed by atoms with Gasteiger partial charge in [-0.3, -0.25) is 4.79 Å². The van der Waals surface area contributed by atoms with Crippen LogP contribution in [-0.2, 0) is 0 Å². The van der Waals surface area contributed by atoms with E-state index in [0.29, 0.717) is 34.6 Å². The second kappa shape index (κ2) is 4.59. The van der Waals surface area contributed by atoms with E-state index >= 15 is 0 Å². The topological polar surface area (TPSA) is 40.5 Å². The Morgan fingerprint density at radius 1 is 1.59 bits per heavy atom. The zero-order valence-corrected chi connectivity index (χ0v) is 11.8. The Hall–Kier alpha value is -0.580. The normalized spacial score (nSPS) is 24.1. The standard InChI is InChI=1S/C12H13BrClNO2/c1-12(17)4-5-15(7-12)11(16)8-2-3-10(14)9(13)6-8/h2-3,6,17H,4-5,7H2,1H3. The minimum atomic E-state index is -0.765. The number of hydrogen-bond donors (Lipinski definition) is 1. The van der Waals surface area contributed by atoms with E-state index in [0.717, 1.165) is 0 Å². The van der Waals surface area contributed by atoms with Crippen LogP contribution in [0.3, 0.4) is 0 Å². The Morgan fingerprint density at radius 3 is 2.82 bits per heavy atom. The zero-order chi connectivity index (χ0) is 12.6. The van der Waals surface area contributed by atoms with Gasteiger partial charge in [0.1, 0.15) is 0 Å². The summed E-state index contributed by atoms with van der Waals surface area (Å²) >= 11 is 9.17. The van der Waals surface area contributed by atoms with E-state index in [9.17, 15) is 9.90 Å². The monoisotopic (exact) mass is 317 g/mol. The number of nitrogens with zero attached hydrogens (tertiary/aromatic N) is 1. The lowest BCUT2D eigenvalue weighted by Crippen LogP contribution is -2.33. The van der Waals surface area contributed by atoms with Gasteiger partial charge in [-0.15, -0.1) is 0 Å². The first-order valence-electron chi connectivity index (χ1n) is 5.36. The van der Waals surface area contributed by atoms with Gasteiger partial charge >= 0.3 is 0 Å². The van der Waals surface area contributed by atoms with Crippen LogP contribution in [0.5, 0.6) is 0 Å². The quantitative estimate of drug-likeness (QED) is 0.865. The second-order valence-corrected chi connectivity index (χ2v) is 5.86. The van der Waals surface area contributed by atoms with Gasteiger partial charge in [-0.2, -0.15) is 0 Å². The molecule has 1 unspecified atom stereocenters. The molecule has 1 aliphatic rings. The molecule has 1 saturated heterocycles. The maximum Gasteiger partial charge on any atom is 0.253 e. The predicted molar refractivity (Wildman–Crippen MR) is 70.3 cm³/mol. The summed E-state index contributed by atoms with van der Waals surface area (Å²) < 4.78 is 0.705. The first kappa shape index (κ1) is 12.9. The molecule has 92 valence electrons. The fraction of sp³-hybridized carbons (Fsp3) is 0.417. The summed E-state index contributed by atoms with van der Waals surface area (Å²) in [5, 5.41) is 10.4. The van der Waals surface area contributed by atoms with Crippen LogP contribution in [0.25, 0.3) is 0 Å². The van der Waals surface area contributed by atoms with Crippen molar-refractivity contribution in [3.63, 3.8) is 0 Å². The van der Waals surface area contributed by atoms with Crippen LogP contribution >= 0.6 is 27.5 Å². The van der Waals surface area contributed by atoms with Crippen LogP contribution in [0.15, 0.2) is 22.7 Å². The second-order valence-electron chi connectivity index (χ2n) is 4.60. The predicted octanol–water partition coefficient (Wildman–Crippen LogP) is 2.70. The number of carbonyl (C=O) groups is 1. The van der Waals surface area contributed by atoms with Crippen LogP contribution in [-0.4, -0.2) is 34.6 Å². The Balaban J connectivity index is 2.18. The first-order valence-corrected chi connectivity index (χ1v) is 6.53. The molecule has 0 aromatic heterocycles. The third-order valence-electron chi connectivity index (χ3n) is 2.91. The molecular formula is C12H13BrClNO2. The summed E-state index contributed by atoms with van der Waals surface area (Å²) in [6.45, 7) is 2.72. The van der Waals surface area contributed by atoms with Crippen LogP contribution in [0.2, 0.25) is 5.02 Å². The number of amides is 1. The van der Waals surface area contributed by atoms with Crippen molar-refractivity contribution < 1.29 is 9.90 Å². The zero-order valence-electron chi connectivity index (χ0n) is 9.41. The highest BCUT2D eigenvalue weighted by molar-refractivity contribution is 9.10. The van der Waals surface area contributed by atoms with Gasteiger partial charge in [0, 0.05) is 23.1 Å². The SMILES string of the molecule is CC1(O)CCN(C(=O)c2ccc(Cl)c(Br)c2)C1. The molecule has 0 radical (unpaired) electrons. The van der Waals surface area contributed by atoms with Crippen molar-refractivity contribution in [1.29, 1.82) is 0 Å². The van der Waals surface area contributed by atoms with Gasteiger partial charge in [0.25, 0.3) is 5.91 Å². The Kier molecular flexibility index (Phi) is 3.48. The van der Waals surface area contributed by atoms with Gasteiger partial charge in [0.15, 0.2) is 0 Å². The van der Waals surface area contributed by atoms with E-state index in [2.05, 4.69) is 15.9 Å². The Bertz CT molecular complexity index is 462. The van der Waals surface area contributed by atoms with Crippen molar-refractivity contribution in [2.45, 2.75) is 18.9 Å². The first-order chi connectivity index (χ1) is 7.89. The number of rotatable bonds is 1. The van der Waals surface area contributed by atoms with Crippen LogP contribution in [0.4, 0.5) is 0 Å². The van der Waals surface area contributed by atoms with Gasteiger partial charge in [0.05, 0.1) is 10.6 Å². The number of hydrogen-bond acceptors (Lipinski definition) is 2. The summed E-state index contributed by atoms with van der Waals surface area (Å²) in [4.78, 5) is 13.8. The van der Waals surface area contributed by atoms with Crippen molar-refractivity contribution in [1.82, 2.24) is 4.90 Å². The molecule has 0 spiro atoms. The molecule has 0 bridgehead atoms. The van der Waals surface area contributed by atoms with E-state index in [1.807, 2.05) is 0 Å². The largest absolute Gasteiger partial charge is 0.388 e. The Labute approximate surface area is 114 Å². The molecule has 1 amide bonds. The smallest absolute Gasteiger partial charge is 0.253 e. The molecule has 2 rings (SSSR count). The number of β-amino-alcohol motifs (C(OH)–C–C–N with tert-alkyl or cyclic N) is 1. The number of halogens is 2. The van der Waals surface area contributed by atoms with Gasteiger partial charge in [0.2, 0.25) is 0 Å². The highest BCUT2D eigenvalue weighted by Crippen LogP contribution is 2.26. The van der Waals surface area contributed by atoms with E-state index in [1.54, 1.807) is 30.0 Å². The van der Waals surface area contributed by atoms with Crippen LogP contribution < -0.4 is 0 Å². The lowest BCUT2D eigenvalue weighted by atomic mass is 10.1. The van der Waals surface area contributed by atoms with Gasteiger partial charge in [-0.05, 0) is 47.5 Å². The molecule has 0 saturated carbocycles. The minimum Gasteiger partial charge on any atom is -0.388 e. The molecule has 1 heterocycles. The van der Waals surface area contributed by atoms with Crippen molar-refractivity contribution >= 4 is 33.4 Å². The van der Waals surface area contributed by atoms with Crippen molar-refractivity contribution in [3.8, 4) is 0 Å². The lowest BCUT2D eigenvalue weighted by molar-refractivity contribution is 0.0572. The highest BCUT2D eigenvalue weighted by Gasteiger charge is 2.34. The maximum absolute atomic E-state index is 12.1. The third kappa shape index (κ3) is 2.81. The molecular weight excluding hydrogens is 305 g/mol. The fourth-order valence-corrected chi connectivity index (χ4v) is 2.43. The molecule has 1 fully saturated rings. The van der Waals surface area contributed by atoms with E-state index in [1.165, 1.54) is 0 Å². The summed E-state index contributed by atoms with van der Waals surface area (Å²) in [5.41, 5.74) is -0.182. The van der Waals surface area contributed by atoms with Crippen molar-refractivity contribution in [3.05, 3.63) is 33.3 Å². The fourth-order valence-electron chi connectivity index (χ4n) is 1.93. The van der Waals surface area contributed by atoms with Gasteiger partial charge in [-0.25, -0.2) is 0 Å². The summed E-state index contributed by atoms with van der Waals surface area (Å²) in [6, 6.07) is 5.09. The summed E-state index contributed by atoms with van der Waals surface area (Å²) in [6.07, 6.45) is 0.619. The van der Waals surface area contributed by atoms with E-state index in [4.69, 9.17) is 11.6 Å². The molecule has 1 atom stereocenters. The molecule has 0 aliphatic carbocycles. The number of likely N-dealkylation sites (tertiary alicyclic amines) is 1. The molecule has 1 aliphatic heterocycles. The summed E-state index contributed by atoms with van der Waals surface area (Å²) in [5.74, 6) is -0.0693. The summed E-state index contributed by atoms with van der Waals surface area (Å²) in [7, 11) is 0. The molecule has 5 heteroatoms. The van der Waals surface area contributed by atoms with Crippen LogP contribution in [0.1, 0.15) is 23.7 Å². The number of carbonyl (C=O) groups excluding carboxylic acids is 1. The molecule has 17 heavy (non-hydrogen) atoms. The molecule has 1 aromatic carbocycles. The molecule has 3 nitrogen and oxygen atoms in total. The average molecular weight is 319 g/mol. The number of benzene rings is 1. The van der Waals surface area contributed by atoms with E-state index < -0.39 is 5.60 Å². The number of aliphatic hydroxyl groups is 1. The van der Waals surface area contributed by atoms with Crippen molar-refractivity contribution in [2.75, 3.05) is 13.1 Å². The highest BCUT2D eigenvalue weighted by atomic mass is 79.9. The van der Waals surface area contributed by atoms with Crippen molar-refractivity contribution in [2.24, 2.45) is 0 Å². The molecule has 1 N–H and O–H groups in total. The lowest BCUT2D eigenvalue weighted by Gasteiger charge is -2.19. The van der Waals surface area contributed by atoms with E-state index in [-0.39, 0.29) is 5.91 Å². The average Bonchev–Trinajstić information content (AvgIpc) is 2.62. The van der Waals surface area contributed by atoms with Crippen LogP contribution in [0, 0.1) is 0 Å². The minimum absolute atomic E-state index is 0.0693. The Morgan fingerprint density at radius 2 is 2.29 bits per heavy atom. The maximum atomic E-state index is 12.1.